The third-order valence-electron chi connectivity index (χ3n) is 1.56. The lowest BCUT2D eigenvalue weighted by Crippen LogP contribution is -1.67. The zero-order chi connectivity index (χ0) is 8.72. The maximum atomic E-state index is 12.7. The van der Waals surface area contributed by atoms with E-state index in [0.29, 0.717) is 4.47 Å². The van der Waals surface area contributed by atoms with Gasteiger partial charge in [0.15, 0.2) is 5.13 Å². The summed E-state index contributed by atoms with van der Waals surface area (Å²) in [7, 11) is 0. The molecule has 1 aromatic heterocycles. The van der Waals surface area contributed by atoms with Crippen LogP contribution in [0.5, 0.6) is 5.75 Å². The SMILES string of the molecule is Oc1cc2cc(F)sc2cc1Br. The summed E-state index contributed by atoms with van der Waals surface area (Å²) in [6.07, 6.45) is 0. The second kappa shape index (κ2) is 2.71. The molecule has 0 unspecified atom stereocenters. The van der Waals surface area contributed by atoms with Crippen molar-refractivity contribution in [2.75, 3.05) is 0 Å². The van der Waals surface area contributed by atoms with Crippen molar-refractivity contribution in [2.24, 2.45) is 0 Å². The quantitative estimate of drug-likeness (QED) is 0.755. The molecular weight excluding hydrogens is 243 g/mol. The van der Waals surface area contributed by atoms with Crippen LogP contribution in [0.4, 0.5) is 4.39 Å². The van der Waals surface area contributed by atoms with E-state index < -0.39 is 0 Å². The van der Waals surface area contributed by atoms with Crippen molar-refractivity contribution in [1.29, 1.82) is 0 Å². The van der Waals surface area contributed by atoms with Gasteiger partial charge in [-0.05, 0) is 39.5 Å². The molecule has 0 saturated carbocycles. The van der Waals surface area contributed by atoms with E-state index in [1.807, 2.05) is 0 Å². The first-order chi connectivity index (χ1) is 5.66. The first-order valence-electron chi connectivity index (χ1n) is 3.24. The van der Waals surface area contributed by atoms with E-state index in [0.717, 1.165) is 21.4 Å². The molecule has 0 atom stereocenters. The Morgan fingerprint density at radius 1 is 1.33 bits per heavy atom. The van der Waals surface area contributed by atoms with Crippen molar-refractivity contribution in [3.63, 3.8) is 0 Å². The molecule has 0 spiro atoms. The van der Waals surface area contributed by atoms with Crippen molar-refractivity contribution in [3.05, 3.63) is 27.8 Å². The summed E-state index contributed by atoms with van der Waals surface area (Å²) in [5.41, 5.74) is 0. The number of phenolic OH excluding ortho intramolecular Hbond substituents is 1. The highest BCUT2D eigenvalue weighted by atomic mass is 79.9. The van der Waals surface area contributed by atoms with Crippen LogP contribution >= 0.6 is 27.3 Å². The largest absolute Gasteiger partial charge is 0.507 e. The van der Waals surface area contributed by atoms with Gasteiger partial charge in [-0.1, -0.05) is 0 Å². The van der Waals surface area contributed by atoms with Crippen molar-refractivity contribution in [3.8, 4) is 5.75 Å². The van der Waals surface area contributed by atoms with Crippen LogP contribution in [0.1, 0.15) is 0 Å². The monoisotopic (exact) mass is 246 g/mol. The highest BCUT2D eigenvalue weighted by Gasteiger charge is 2.04. The summed E-state index contributed by atoms with van der Waals surface area (Å²) < 4.78 is 14.1. The minimum Gasteiger partial charge on any atom is -0.507 e. The summed E-state index contributed by atoms with van der Waals surface area (Å²) in [4.78, 5) is 0. The molecule has 0 radical (unpaired) electrons. The molecule has 2 aromatic rings. The molecule has 1 aromatic carbocycles. The molecule has 1 N–H and O–H groups in total. The lowest BCUT2D eigenvalue weighted by atomic mass is 10.2. The maximum absolute atomic E-state index is 12.7. The first-order valence-corrected chi connectivity index (χ1v) is 4.85. The summed E-state index contributed by atoms with van der Waals surface area (Å²) in [6.45, 7) is 0. The third kappa shape index (κ3) is 1.21. The molecule has 62 valence electrons. The van der Waals surface area contributed by atoms with Crippen molar-refractivity contribution >= 4 is 37.4 Å². The third-order valence-corrected chi connectivity index (χ3v) is 3.08. The fourth-order valence-corrected chi connectivity index (χ4v) is 2.32. The molecule has 4 heteroatoms. The van der Waals surface area contributed by atoms with Gasteiger partial charge in [-0.3, -0.25) is 0 Å². The molecule has 0 aliphatic rings. The fraction of sp³-hybridized carbons (Fsp3) is 0. The number of fused-ring (bicyclic) bond motifs is 1. The van der Waals surface area contributed by atoms with Gasteiger partial charge in [0.05, 0.1) is 4.47 Å². The average molecular weight is 247 g/mol. The Hall–Kier alpha value is -0.610. The zero-order valence-electron chi connectivity index (χ0n) is 5.84. The van der Waals surface area contributed by atoms with Crippen LogP contribution in [0.3, 0.4) is 0 Å². The first kappa shape index (κ1) is 8.01. The molecule has 0 aliphatic carbocycles. The Labute approximate surface area is 80.6 Å². The molecule has 1 heterocycles. The second-order valence-electron chi connectivity index (χ2n) is 2.39. The number of rotatable bonds is 0. The van der Waals surface area contributed by atoms with Gasteiger partial charge in [0, 0.05) is 4.70 Å². The Morgan fingerprint density at radius 3 is 2.83 bits per heavy atom. The normalized spacial score (nSPS) is 10.8. The number of aromatic hydroxyl groups is 1. The highest BCUT2D eigenvalue weighted by molar-refractivity contribution is 9.10. The predicted molar refractivity (Wildman–Crippen MR) is 51.1 cm³/mol. The number of hydrogen-bond acceptors (Lipinski definition) is 2. The van der Waals surface area contributed by atoms with Crippen molar-refractivity contribution < 1.29 is 9.50 Å². The van der Waals surface area contributed by atoms with Crippen LogP contribution in [-0.2, 0) is 0 Å². The molecular formula is C8H4BrFOS. The highest BCUT2D eigenvalue weighted by Crippen LogP contribution is 2.33. The van der Waals surface area contributed by atoms with E-state index in [2.05, 4.69) is 15.9 Å². The van der Waals surface area contributed by atoms with Crippen LogP contribution in [0.15, 0.2) is 22.7 Å². The minimum absolute atomic E-state index is 0.139. The van der Waals surface area contributed by atoms with Crippen molar-refractivity contribution in [2.45, 2.75) is 0 Å². The topological polar surface area (TPSA) is 20.2 Å². The van der Waals surface area contributed by atoms with Gasteiger partial charge >= 0.3 is 0 Å². The van der Waals surface area contributed by atoms with Gasteiger partial charge in [0.25, 0.3) is 0 Å². The van der Waals surface area contributed by atoms with Crippen molar-refractivity contribution in [1.82, 2.24) is 0 Å². The number of benzene rings is 1. The minimum atomic E-state index is -0.234. The summed E-state index contributed by atoms with van der Waals surface area (Å²) >= 11 is 4.23. The van der Waals surface area contributed by atoms with Gasteiger partial charge in [-0.15, -0.1) is 11.3 Å². The van der Waals surface area contributed by atoms with Gasteiger partial charge < -0.3 is 5.11 Å². The van der Waals surface area contributed by atoms with E-state index in [1.165, 1.54) is 6.07 Å². The van der Waals surface area contributed by atoms with E-state index in [4.69, 9.17) is 0 Å². The second-order valence-corrected chi connectivity index (χ2v) is 4.28. The Morgan fingerprint density at radius 2 is 2.08 bits per heavy atom. The summed E-state index contributed by atoms with van der Waals surface area (Å²) in [5, 5.41) is 9.76. The molecule has 0 amide bonds. The van der Waals surface area contributed by atoms with Crippen LogP contribution in [-0.4, -0.2) is 5.11 Å². The number of thiophene rings is 1. The number of phenols is 1. The summed E-state index contributed by atoms with van der Waals surface area (Å²) in [6, 6.07) is 4.66. The van der Waals surface area contributed by atoms with Crippen LogP contribution in [0, 0.1) is 5.13 Å². The zero-order valence-corrected chi connectivity index (χ0v) is 8.25. The lowest BCUT2D eigenvalue weighted by Gasteiger charge is -1.94. The molecule has 1 nitrogen and oxygen atoms in total. The van der Waals surface area contributed by atoms with E-state index in [-0.39, 0.29) is 10.9 Å². The number of halogens is 2. The molecule has 0 aliphatic heterocycles. The van der Waals surface area contributed by atoms with Gasteiger partial charge in [-0.2, -0.15) is 4.39 Å². The molecule has 2 rings (SSSR count). The van der Waals surface area contributed by atoms with Crippen LogP contribution < -0.4 is 0 Å². The molecule has 0 fully saturated rings. The summed E-state index contributed by atoms with van der Waals surface area (Å²) in [5.74, 6) is 0.139. The van der Waals surface area contributed by atoms with Gasteiger partial charge in [-0.25, -0.2) is 0 Å². The Kier molecular flexibility index (Phi) is 1.81. The maximum Gasteiger partial charge on any atom is 0.177 e. The predicted octanol–water partition coefficient (Wildman–Crippen LogP) is 3.51. The number of hydrogen-bond donors (Lipinski definition) is 1. The lowest BCUT2D eigenvalue weighted by molar-refractivity contribution is 0.473. The van der Waals surface area contributed by atoms with Gasteiger partial charge in [0.1, 0.15) is 5.75 Å². The molecule has 12 heavy (non-hydrogen) atoms. The van der Waals surface area contributed by atoms with E-state index in [9.17, 15) is 9.50 Å². The molecule has 0 bridgehead atoms. The fourth-order valence-electron chi connectivity index (χ4n) is 1.02. The van der Waals surface area contributed by atoms with Crippen LogP contribution in [0.25, 0.3) is 10.1 Å². The molecule has 0 saturated heterocycles. The van der Waals surface area contributed by atoms with Gasteiger partial charge in [0.2, 0.25) is 0 Å². The Bertz CT molecular complexity index is 399. The average Bonchev–Trinajstić information content (AvgIpc) is 2.30. The standard InChI is InChI=1S/C8H4BrFOS/c9-5-3-7-4(1-6(5)11)2-8(10)12-7/h1-3,11H. The van der Waals surface area contributed by atoms with E-state index >= 15 is 0 Å². The Balaban J connectivity index is 2.83. The van der Waals surface area contributed by atoms with E-state index in [1.54, 1.807) is 12.1 Å². The van der Waals surface area contributed by atoms with Crippen LogP contribution in [0.2, 0.25) is 0 Å². The smallest absolute Gasteiger partial charge is 0.177 e.